The van der Waals surface area contributed by atoms with Gasteiger partial charge < -0.3 is 10.4 Å². The first-order valence-electron chi connectivity index (χ1n) is 7.18. The van der Waals surface area contributed by atoms with Crippen LogP contribution in [-0.2, 0) is 15.8 Å². The number of likely N-dealkylation sites (tertiary alicyclic amines) is 1. The average Bonchev–Trinajstić information content (AvgIpc) is 2.47. The van der Waals surface area contributed by atoms with Crippen LogP contribution in [0.15, 0.2) is 24.3 Å². The third-order valence-electron chi connectivity index (χ3n) is 3.80. The van der Waals surface area contributed by atoms with Gasteiger partial charge in [0.2, 0.25) is 5.91 Å². The highest BCUT2D eigenvalue weighted by molar-refractivity contribution is 5.92. The second kappa shape index (κ2) is 6.99. The Labute approximate surface area is 131 Å². The smallest absolute Gasteiger partial charge is 0.416 e. The van der Waals surface area contributed by atoms with Crippen LogP contribution in [0.3, 0.4) is 0 Å². The van der Waals surface area contributed by atoms with Gasteiger partial charge in [-0.25, -0.2) is 0 Å². The summed E-state index contributed by atoms with van der Waals surface area (Å²) in [6, 6.07) is 4.23. The monoisotopic (exact) mass is 330 g/mol. The Morgan fingerprint density at radius 3 is 2.22 bits per heavy atom. The Bertz CT molecular complexity index is 564. The summed E-state index contributed by atoms with van der Waals surface area (Å²) >= 11 is 0. The number of hydrogen-bond acceptors (Lipinski definition) is 3. The minimum absolute atomic E-state index is 0.0906. The number of carbonyl (C=O) groups is 2. The topological polar surface area (TPSA) is 69.6 Å². The molecule has 0 aliphatic carbocycles. The molecule has 1 aliphatic heterocycles. The number of carboxylic acids is 1. The number of amides is 1. The van der Waals surface area contributed by atoms with Gasteiger partial charge in [-0.15, -0.1) is 0 Å². The van der Waals surface area contributed by atoms with E-state index in [0.29, 0.717) is 31.6 Å². The van der Waals surface area contributed by atoms with E-state index < -0.39 is 17.7 Å². The van der Waals surface area contributed by atoms with Crippen molar-refractivity contribution in [2.45, 2.75) is 19.0 Å². The van der Waals surface area contributed by atoms with E-state index in [2.05, 4.69) is 5.32 Å². The molecule has 0 unspecified atom stereocenters. The highest BCUT2D eigenvalue weighted by atomic mass is 19.4. The minimum atomic E-state index is -4.41. The summed E-state index contributed by atoms with van der Waals surface area (Å²) in [5, 5.41) is 11.4. The fraction of sp³-hybridized carbons (Fsp3) is 0.467. The van der Waals surface area contributed by atoms with Crippen molar-refractivity contribution >= 4 is 17.6 Å². The van der Waals surface area contributed by atoms with Crippen LogP contribution in [0, 0.1) is 5.92 Å². The number of alkyl halides is 3. The zero-order chi connectivity index (χ0) is 17.0. The second-order valence-electron chi connectivity index (χ2n) is 5.51. The molecule has 0 atom stereocenters. The third kappa shape index (κ3) is 4.95. The lowest BCUT2D eigenvalue weighted by Gasteiger charge is -2.29. The highest BCUT2D eigenvalue weighted by Crippen LogP contribution is 2.29. The van der Waals surface area contributed by atoms with Gasteiger partial charge in [0.25, 0.3) is 0 Å². The Kier molecular flexibility index (Phi) is 5.25. The number of halogens is 3. The molecule has 1 aromatic carbocycles. The Morgan fingerprint density at radius 2 is 1.74 bits per heavy atom. The van der Waals surface area contributed by atoms with E-state index in [1.165, 1.54) is 12.1 Å². The Hall–Kier alpha value is -2.09. The molecule has 2 rings (SSSR count). The van der Waals surface area contributed by atoms with E-state index in [0.717, 1.165) is 12.1 Å². The van der Waals surface area contributed by atoms with E-state index in [-0.39, 0.29) is 18.4 Å². The Balaban J connectivity index is 1.82. The van der Waals surface area contributed by atoms with Crippen molar-refractivity contribution in [1.82, 2.24) is 4.90 Å². The van der Waals surface area contributed by atoms with Crippen molar-refractivity contribution in [3.63, 3.8) is 0 Å². The number of nitrogens with one attached hydrogen (secondary N) is 1. The maximum Gasteiger partial charge on any atom is 0.416 e. The van der Waals surface area contributed by atoms with E-state index >= 15 is 0 Å². The van der Waals surface area contributed by atoms with Gasteiger partial charge in [-0.3, -0.25) is 14.5 Å². The summed E-state index contributed by atoms with van der Waals surface area (Å²) < 4.78 is 37.3. The van der Waals surface area contributed by atoms with Crippen LogP contribution in [0.2, 0.25) is 0 Å². The molecule has 126 valence electrons. The number of aliphatic carboxylic acids is 1. The summed E-state index contributed by atoms with van der Waals surface area (Å²) in [4.78, 5) is 24.6. The molecule has 1 aromatic rings. The molecule has 23 heavy (non-hydrogen) atoms. The highest BCUT2D eigenvalue weighted by Gasteiger charge is 2.30. The number of nitrogens with zero attached hydrogens (tertiary/aromatic N) is 1. The van der Waals surface area contributed by atoms with E-state index in [4.69, 9.17) is 5.11 Å². The van der Waals surface area contributed by atoms with Gasteiger partial charge in [0.05, 0.1) is 18.0 Å². The fourth-order valence-electron chi connectivity index (χ4n) is 2.48. The van der Waals surface area contributed by atoms with Crippen molar-refractivity contribution < 1.29 is 27.9 Å². The first kappa shape index (κ1) is 17.3. The zero-order valence-corrected chi connectivity index (χ0v) is 12.3. The van der Waals surface area contributed by atoms with Crippen LogP contribution in [0.25, 0.3) is 0 Å². The largest absolute Gasteiger partial charge is 0.481 e. The number of benzene rings is 1. The van der Waals surface area contributed by atoms with Crippen LogP contribution in [-0.4, -0.2) is 41.5 Å². The summed E-state index contributed by atoms with van der Waals surface area (Å²) in [6.07, 6.45) is -3.43. The number of rotatable bonds is 4. The average molecular weight is 330 g/mol. The maximum atomic E-state index is 12.4. The molecule has 5 nitrogen and oxygen atoms in total. The summed E-state index contributed by atoms with van der Waals surface area (Å²) in [6.45, 7) is 1.11. The van der Waals surface area contributed by atoms with Crippen LogP contribution in [0.4, 0.5) is 18.9 Å². The van der Waals surface area contributed by atoms with Crippen molar-refractivity contribution in [1.29, 1.82) is 0 Å². The van der Waals surface area contributed by atoms with E-state index in [9.17, 15) is 22.8 Å². The molecule has 0 spiro atoms. The molecule has 1 amide bonds. The predicted octanol–water partition coefficient (Wildman–Crippen LogP) is 2.44. The first-order valence-corrected chi connectivity index (χ1v) is 7.18. The van der Waals surface area contributed by atoms with Crippen LogP contribution < -0.4 is 5.32 Å². The molecule has 0 bridgehead atoms. The molecule has 0 aromatic heterocycles. The minimum Gasteiger partial charge on any atom is -0.481 e. The van der Waals surface area contributed by atoms with Crippen molar-refractivity contribution in [2.24, 2.45) is 5.92 Å². The predicted molar refractivity (Wildman–Crippen MR) is 76.9 cm³/mol. The van der Waals surface area contributed by atoms with Crippen LogP contribution >= 0.6 is 0 Å². The molecular weight excluding hydrogens is 313 g/mol. The lowest BCUT2D eigenvalue weighted by Crippen LogP contribution is -2.40. The first-order chi connectivity index (χ1) is 10.8. The van der Waals surface area contributed by atoms with Crippen molar-refractivity contribution in [3.8, 4) is 0 Å². The molecule has 1 heterocycles. The number of carbonyl (C=O) groups excluding carboxylic acids is 1. The lowest BCUT2D eigenvalue weighted by molar-refractivity contribution is -0.143. The number of piperidine rings is 1. The summed E-state index contributed by atoms with van der Waals surface area (Å²) in [7, 11) is 0. The van der Waals surface area contributed by atoms with Gasteiger partial charge in [-0.1, -0.05) is 0 Å². The second-order valence-corrected chi connectivity index (χ2v) is 5.51. The van der Waals surface area contributed by atoms with Crippen molar-refractivity contribution in [3.05, 3.63) is 29.8 Å². The Morgan fingerprint density at radius 1 is 1.17 bits per heavy atom. The molecule has 8 heteroatoms. The number of hydrogen-bond donors (Lipinski definition) is 2. The van der Waals surface area contributed by atoms with Crippen LogP contribution in [0.1, 0.15) is 18.4 Å². The molecule has 2 N–H and O–H groups in total. The number of carboxylic acid groups (broad SMARTS) is 1. The lowest BCUT2D eigenvalue weighted by atomic mass is 9.97. The normalized spacial score (nSPS) is 17.0. The molecule has 0 saturated carbocycles. The molecule has 0 radical (unpaired) electrons. The van der Waals surface area contributed by atoms with Gasteiger partial charge in [0.15, 0.2) is 0 Å². The third-order valence-corrected chi connectivity index (χ3v) is 3.80. The van der Waals surface area contributed by atoms with Crippen LogP contribution in [0.5, 0.6) is 0 Å². The summed E-state index contributed by atoms with van der Waals surface area (Å²) in [5.74, 6) is -1.53. The molecular formula is C15H17F3N2O3. The molecule has 1 fully saturated rings. The van der Waals surface area contributed by atoms with E-state index in [1.807, 2.05) is 4.90 Å². The quantitative estimate of drug-likeness (QED) is 0.890. The van der Waals surface area contributed by atoms with Gasteiger partial charge in [0, 0.05) is 5.69 Å². The fourth-order valence-corrected chi connectivity index (χ4v) is 2.48. The summed E-state index contributed by atoms with van der Waals surface area (Å²) in [5.41, 5.74) is -0.477. The van der Waals surface area contributed by atoms with Gasteiger partial charge >= 0.3 is 12.1 Å². The SMILES string of the molecule is O=C(CN1CCC(C(=O)O)CC1)Nc1ccc(C(F)(F)F)cc1. The molecule has 1 aliphatic rings. The number of anilines is 1. The maximum absolute atomic E-state index is 12.4. The van der Waals surface area contributed by atoms with Gasteiger partial charge in [0.1, 0.15) is 0 Å². The van der Waals surface area contributed by atoms with Gasteiger partial charge in [-0.2, -0.15) is 13.2 Å². The molecule has 1 saturated heterocycles. The van der Waals surface area contributed by atoms with Crippen molar-refractivity contribution in [2.75, 3.05) is 25.0 Å². The van der Waals surface area contributed by atoms with Gasteiger partial charge in [-0.05, 0) is 50.2 Å². The zero-order valence-electron chi connectivity index (χ0n) is 12.3. The van der Waals surface area contributed by atoms with E-state index in [1.54, 1.807) is 0 Å². The standard InChI is InChI=1S/C15H17F3N2O3/c16-15(17,18)11-1-3-12(4-2-11)19-13(21)9-20-7-5-10(6-8-20)14(22)23/h1-4,10H,5-9H2,(H,19,21)(H,22,23).